The summed E-state index contributed by atoms with van der Waals surface area (Å²) in [5, 5.41) is 17.2. The number of allylic oxidation sites excluding steroid dienone is 1. The first kappa shape index (κ1) is 10.4. The predicted molar refractivity (Wildman–Crippen MR) is 45.5 cm³/mol. The molecule has 2 unspecified atom stereocenters. The van der Waals surface area contributed by atoms with Crippen LogP contribution in [0, 0.1) is 5.92 Å². The zero-order valence-corrected chi connectivity index (χ0v) is 7.40. The van der Waals surface area contributed by atoms with Crippen LogP contribution in [0.4, 0.5) is 4.39 Å². The van der Waals surface area contributed by atoms with E-state index in [1.165, 1.54) is 0 Å². The van der Waals surface area contributed by atoms with E-state index < -0.39 is 23.5 Å². The summed E-state index contributed by atoms with van der Waals surface area (Å²) >= 11 is 0. The monoisotopic (exact) mass is 200 g/mol. The van der Waals surface area contributed by atoms with Crippen LogP contribution in [0.5, 0.6) is 0 Å². The second kappa shape index (κ2) is 3.25. The number of carbonyl (C=O) groups is 2. The quantitative estimate of drug-likeness (QED) is 0.697. The van der Waals surface area contributed by atoms with Crippen LogP contribution in [-0.2, 0) is 9.59 Å². The Morgan fingerprint density at radius 3 is 2.50 bits per heavy atom. The molecule has 0 fully saturated rings. The number of hydrogen-bond acceptors (Lipinski definition) is 2. The van der Waals surface area contributed by atoms with Crippen LogP contribution >= 0.6 is 0 Å². The van der Waals surface area contributed by atoms with Gasteiger partial charge in [-0.15, -0.1) is 0 Å². The van der Waals surface area contributed by atoms with Crippen molar-refractivity contribution in [3.63, 3.8) is 0 Å². The van der Waals surface area contributed by atoms with Gasteiger partial charge in [0.1, 0.15) is 11.6 Å². The highest BCUT2D eigenvalue weighted by atomic mass is 19.1. The first-order chi connectivity index (χ1) is 6.34. The average Bonchev–Trinajstić information content (AvgIpc) is 2.02. The van der Waals surface area contributed by atoms with Gasteiger partial charge in [0.25, 0.3) is 0 Å². The summed E-state index contributed by atoms with van der Waals surface area (Å²) in [5.74, 6) is -4.08. The van der Waals surface area contributed by atoms with Crippen molar-refractivity contribution < 1.29 is 24.2 Å². The highest BCUT2D eigenvalue weighted by Crippen LogP contribution is 2.30. The zero-order valence-electron chi connectivity index (χ0n) is 7.40. The molecule has 4 nitrogen and oxygen atoms in total. The minimum atomic E-state index is -2.04. The van der Waals surface area contributed by atoms with Crippen molar-refractivity contribution in [3.8, 4) is 0 Å². The third kappa shape index (κ3) is 1.81. The Labute approximate surface area is 79.4 Å². The van der Waals surface area contributed by atoms with Crippen molar-refractivity contribution in [2.24, 2.45) is 5.92 Å². The van der Waals surface area contributed by atoms with E-state index in [1.54, 1.807) is 0 Å². The Morgan fingerprint density at radius 2 is 2.07 bits per heavy atom. The van der Waals surface area contributed by atoms with E-state index in [-0.39, 0.29) is 5.57 Å². The van der Waals surface area contributed by atoms with Gasteiger partial charge in [0.05, 0.1) is 5.57 Å². The molecule has 0 spiro atoms. The zero-order chi connectivity index (χ0) is 10.9. The molecule has 0 aliphatic heterocycles. The molecule has 0 saturated carbocycles. The van der Waals surface area contributed by atoms with Crippen LogP contribution in [0.3, 0.4) is 0 Å². The summed E-state index contributed by atoms with van der Waals surface area (Å²) in [7, 11) is 0. The topological polar surface area (TPSA) is 74.6 Å². The Morgan fingerprint density at radius 1 is 1.50 bits per heavy atom. The summed E-state index contributed by atoms with van der Waals surface area (Å²) in [6.45, 7) is 1.09. The largest absolute Gasteiger partial charge is 0.481 e. The minimum absolute atomic E-state index is 0.201. The van der Waals surface area contributed by atoms with Crippen LogP contribution in [0.1, 0.15) is 6.92 Å². The fourth-order valence-corrected chi connectivity index (χ4v) is 1.21. The van der Waals surface area contributed by atoms with E-state index in [2.05, 4.69) is 0 Å². The van der Waals surface area contributed by atoms with Crippen LogP contribution in [-0.4, -0.2) is 27.8 Å². The standard InChI is InChI=1S/C9H9FO4/c1-9(10)3-2-5(7(11)12)4-6(9)8(13)14/h2-4,6H,1H3,(H,11,12)(H,13,14). The predicted octanol–water partition coefficient (Wildman–Crippen LogP) is 0.996. The fraction of sp³-hybridized carbons (Fsp3) is 0.333. The second-order valence-electron chi connectivity index (χ2n) is 3.23. The summed E-state index contributed by atoms with van der Waals surface area (Å²) in [4.78, 5) is 21.1. The van der Waals surface area contributed by atoms with Gasteiger partial charge in [-0.3, -0.25) is 4.79 Å². The lowest BCUT2D eigenvalue weighted by Gasteiger charge is -2.24. The van der Waals surface area contributed by atoms with E-state index in [0.29, 0.717) is 0 Å². The lowest BCUT2D eigenvalue weighted by molar-refractivity contribution is -0.143. The number of hydrogen-bond donors (Lipinski definition) is 2. The molecule has 0 amide bonds. The minimum Gasteiger partial charge on any atom is -0.481 e. The highest BCUT2D eigenvalue weighted by Gasteiger charge is 2.38. The van der Waals surface area contributed by atoms with Gasteiger partial charge in [-0.25, -0.2) is 9.18 Å². The molecule has 1 aliphatic carbocycles. The lowest BCUT2D eigenvalue weighted by Crippen LogP contribution is -2.35. The SMILES string of the molecule is CC1(F)C=CC(C(=O)O)=CC1C(=O)O. The normalized spacial score (nSPS) is 31.0. The highest BCUT2D eigenvalue weighted by molar-refractivity contribution is 5.92. The van der Waals surface area contributed by atoms with Crippen molar-refractivity contribution >= 4 is 11.9 Å². The molecule has 0 aromatic carbocycles. The second-order valence-corrected chi connectivity index (χ2v) is 3.23. The van der Waals surface area contributed by atoms with Crippen LogP contribution in [0.15, 0.2) is 23.8 Å². The van der Waals surface area contributed by atoms with Crippen LogP contribution in [0.25, 0.3) is 0 Å². The van der Waals surface area contributed by atoms with E-state index in [0.717, 1.165) is 25.2 Å². The third-order valence-electron chi connectivity index (χ3n) is 2.06. The summed E-state index contributed by atoms with van der Waals surface area (Å²) in [6.07, 6.45) is 2.93. The maximum absolute atomic E-state index is 13.5. The number of aliphatic carboxylic acids is 2. The average molecular weight is 200 g/mol. The van der Waals surface area contributed by atoms with Crippen LogP contribution in [0.2, 0.25) is 0 Å². The van der Waals surface area contributed by atoms with Gasteiger partial charge in [-0.1, -0.05) is 6.08 Å². The number of carboxylic acids is 2. The molecular formula is C9H9FO4. The lowest BCUT2D eigenvalue weighted by atomic mass is 9.84. The van der Waals surface area contributed by atoms with Gasteiger partial charge in [0, 0.05) is 0 Å². The number of alkyl halides is 1. The molecule has 0 aromatic rings. The molecule has 0 aromatic heterocycles. The smallest absolute Gasteiger partial charge is 0.335 e. The molecule has 0 heterocycles. The van der Waals surface area contributed by atoms with Crippen LogP contribution < -0.4 is 0 Å². The van der Waals surface area contributed by atoms with Crippen molar-refractivity contribution in [1.29, 1.82) is 0 Å². The summed E-state index contributed by atoms with van der Waals surface area (Å²) in [6, 6.07) is 0. The molecular weight excluding hydrogens is 191 g/mol. The molecule has 0 saturated heterocycles. The molecule has 5 heteroatoms. The van der Waals surface area contributed by atoms with Gasteiger partial charge in [-0.2, -0.15) is 0 Å². The van der Waals surface area contributed by atoms with E-state index in [1.807, 2.05) is 0 Å². The third-order valence-corrected chi connectivity index (χ3v) is 2.06. The summed E-state index contributed by atoms with van der Waals surface area (Å²) < 4.78 is 13.5. The first-order valence-electron chi connectivity index (χ1n) is 3.90. The Bertz CT molecular complexity index is 341. The number of carboxylic acid groups (broad SMARTS) is 2. The van der Waals surface area contributed by atoms with Crippen molar-refractivity contribution in [2.45, 2.75) is 12.6 Å². The number of halogens is 1. The molecule has 2 atom stereocenters. The molecule has 14 heavy (non-hydrogen) atoms. The molecule has 1 rings (SSSR count). The van der Waals surface area contributed by atoms with Crippen molar-refractivity contribution in [3.05, 3.63) is 23.8 Å². The van der Waals surface area contributed by atoms with Gasteiger partial charge < -0.3 is 10.2 Å². The Kier molecular flexibility index (Phi) is 2.42. The molecule has 76 valence electrons. The molecule has 0 bridgehead atoms. The molecule has 2 N–H and O–H groups in total. The van der Waals surface area contributed by atoms with E-state index in [9.17, 15) is 14.0 Å². The van der Waals surface area contributed by atoms with Crippen molar-refractivity contribution in [1.82, 2.24) is 0 Å². The maximum atomic E-state index is 13.5. The van der Waals surface area contributed by atoms with Gasteiger partial charge in [0.2, 0.25) is 0 Å². The van der Waals surface area contributed by atoms with Gasteiger partial charge in [0.15, 0.2) is 0 Å². The summed E-state index contributed by atoms with van der Waals surface area (Å²) in [5.41, 5.74) is -2.24. The van der Waals surface area contributed by atoms with Gasteiger partial charge >= 0.3 is 11.9 Å². The first-order valence-corrected chi connectivity index (χ1v) is 3.90. The fourth-order valence-electron chi connectivity index (χ4n) is 1.21. The van der Waals surface area contributed by atoms with Crippen molar-refractivity contribution in [2.75, 3.05) is 0 Å². The maximum Gasteiger partial charge on any atom is 0.335 e. The van der Waals surface area contributed by atoms with Gasteiger partial charge in [-0.05, 0) is 19.1 Å². The Hall–Kier alpha value is -1.65. The molecule has 0 radical (unpaired) electrons. The Balaban J connectivity index is 3.07. The van der Waals surface area contributed by atoms with E-state index in [4.69, 9.17) is 10.2 Å². The number of rotatable bonds is 2. The van der Waals surface area contributed by atoms with E-state index >= 15 is 0 Å². The molecule has 1 aliphatic rings.